The molecule has 0 fully saturated rings. The number of benzene rings is 2. The normalized spacial score (nSPS) is 16.4. The van der Waals surface area contributed by atoms with Gasteiger partial charge in [0.2, 0.25) is 5.91 Å². The first kappa shape index (κ1) is 16.7. The third kappa shape index (κ3) is 3.67. The van der Waals surface area contributed by atoms with Gasteiger partial charge in [-0.15, -0.1) is 11.8 Å². The lowest BCUT2D eigenvalue weighted by Crippen LogP contribution is -2.40. The van der Waals surface area contributed by atoms with E-state index in [0.29, 0.717) is 23.2 Å². The van der Waals surface area contributed by atoms with Crippen LogP contribution in [-0.4, -0.2) is 31.4 Å². The van der Waals surface area contributed by atoms with Crippen molar-refractivity contribution >= 4 is 29.0 Å². The van der Waals surface area contributed by atoms with Gasteiger partial charge in [-0.1, -0.05) is 31.2 Å². The Bertz CT molecular complexity index is 720. The summed E-state index contributed by atoms with van der Waals surface area (Å²) in [6, 6.07) is 15.8. The number of amides is 1. The first-order chi connectivity index (χ1) is 11.7. The predicted molar refractivity (Wildman–Crippen MR) is 100 cm³/mol. The summed E-state index contributed by atoms with van der Waals surface area (Å²) < 4.78 is 5.30. The van der Waals surface area contributed by atoms with Crippen LogP contribution in [-0.2, 0) is 4.79 Å². The highest BCUT2D eigenvalue weighted by Crippen LogP contribution is 2.39. The van der Waals surface area contributed by atoms with E-state index in [1.807, 2.05) is 42.1 Å². The van der Waals surface area contributed by atoms with Crippen LogP contribution in [0.3, 0.4) is 0 Å². The number of thioether (sulfide) groups is 1. The average Bonchev–Trinajstić information content (AvgIpc) is 2.62. The summed E-state index contributed by atoms with van der Waals surface area (Å²) in [5.74, 6) is 0.642. The summed E-state index contributed by atoms with van der Waals surface area (Å²) >= 11 is 1.90. The lowest BCUT2D eigenvalue weighted by atomic mass is 10.2. The van der Waals surface area contributed by atoms with Crippen molar-refractivity contribution in [3.63, 3.8) is 0 Å². The Hall–Kier alpha value is -2.14. The number of para-hydroxylation sites is 3. The number of methoxy groups -OCH3 is 1. The molecular formula is C19H22N2O2S. The van der Waals surface area contributed by atoms with Gasteiger partial charge in [-0.05, 0) is 30.7 Å². The number of carbonyl (C=O) groups excluding carboxylic acids is 1. The van der Waals surface area contributed by atoms with Gasteiger partial charge in [-0.2, -0.15) is 0 Å². The van der Waals surface area contributed by atoms with Crippen molar-refractivity contribution in [2.24, 2.45) is 0 Å². The van der Waals surface area contributed by atoms with E-state index in [2.05, 4.69) is 35.3 Å². The van der Waals surface area contributed by atoms with E-state index in [4.69, 9.17) is 4.74 Å². The highest BCUT2D eigenvalue weighted by Gasteiger charge is 2.25. The van der Waals surface area contributed by atoms with Crippen LogP contribution in [0.15, 0.2) is 53.4 Å². The first-order valence-electron chi connectivity index (χ1n) is 8.14. The molecule has 0 aromatic heterocycles. The number of ether oxygens (including phenoxy) is 1. The summed E-state index contributed by atoms with van der Waals surface area (Å²) in [6.07, 6.45) is 1.09. The lowest BCUT2D eigenvalue weighted by molar-refractivity contribution is -0.115. The zero-order chi connectivity index (χ0) is 16.9. The second kappa shape index (κ2) is 7.62. The van der Waals surface area contributed by atoms with Gasteiger partial charge < -0.3 is 15.0 Å². The highest BCUT2D eigenvalue weighted by molar-refractivity contribution is 8.00. The molecule has 1 atom stereocenters. The van der Waals surface area contributed by atoms with Crippen LogP contribution in [0.5, 0.6) is 5.75 Å². The quantitative estimate of drug-likeness (QED) is 0.891. The smallest absolute Gasteiger partial charge is 0.243 e. The van der Waals surface area contributed by atoms with Gasteiger partial charge in [0.15, 0.2) is 0 Å². The van der Waals surface area contributed by atoms with E-state index in [-0.39, 0.29) is 5.91 Å². The summed E-state index contributed by atoms with van der Waals surface area (Å²) in [7, 11) is 1.61. The number of fused-ring (bicyclic) bond motifs is 1. The van der Waals surface area contributed by atoms with Gasteiger partial charge in [-0.25, -0.2) is 0 Å². The number of hydrogen-bond acceptors (Lipinski definition) is 4. The van der Waals surface area contributed by atoms with Crippen LogP contribution in [0.25, 0.3) is 0 Å². The van der Waals surface area contributed by atoms with Gasteiger partial charge in [0.05, 0.1) is 25.0 Å². The van der Waals surface area contributed by atoms with Crippen molar-refractivity contribution < 1.29 is 9.53 Å². The molecule has 3 rings (SSSR count). The molecule has 1 heterocycles. The summed E-state index contributed by atoms with van der Waals surface area (Å²) in [5, 5.41) is 3.47. The fourth-order valence-electron chi connectivity index (χ4n) is 2.85. The highest BCUT2D eigenvalue weighted by atomic mass is 32.2. The van der Waals surface area contributed by atoms with E-state index < -0.39 is 0 Å². The molecule has 1 aliphatic rings. The minimum absolute atomic E-state index is 0.0314. The van der Waals surface area contributed by atoms with Gasteiger partial charge >= 0.3 is 0 Å². The molecule has 2 aromatic rings. The van der Waals surface area contributed by atoms with Crippen molar-refractivity contribution in [2.45, 2.75) is 23.5 Å². The molecular weight excluding hydrogens is 320 g/mol. The SMILES string of the molecule is CCC1CN(CC(=O)Nc2ccccc2OC)c2ccccc2S1. The molecule has 0 saturated heterocycles. The molecule has 0 spiro atoms. The fraction of sp³-hybridized carbons (Fsp3) is 0.316. The number of nitrogens with zero attached hydrogens (tertiary/aromatic N) is 1. The fourth-order valence-corrected chi connectivity index (χ4v) is 4.11. The summed E-state index contributed by atoms with van der Waals surface area (Å²) in [6.45, 7) is 3.42. The topological polar surface area (TPSA) is 41.6 Å². The molecule has 1 amide bonds. The minimum atomic E-state index is -0.0314. The molecule has 5 heteroatoms. The Kier molecular flexibility index (Phi) is 5.30. The molecule has 1 aliphatic heterocycles. The molecule has 1 N–H and O–H groups in total. The third-order valence-electron chi connectivity index (χ3n) is 4.09. The maximum Gasteiger partial charge on any atom is 0.243 e. The van der Waals surface area contributed by atoms with Crippen molar-refractivity contribution in [1.82, 2.24) is 0 Å². The molecule has 0 saturated carbocycles. The Morgan fingerprint density at radius 3 is 2.79 bits per heavy atom. The molecule has 0 bridgehead atoms. The molecule has 0 radical (unpaired) electrons. The average molecular weight is 342 g/mol. The van der Waals surface area contributed by atoms with E-state index >= 15 is 0 Å². The second-order valence-corrected chi connectivity index (χ2v) is 7.09. The molecule has 0 aliphatic carbocycles. The Morgan fingerprint density at radius 2 is 2.00 bits per heavy atom. The maximum atomic E-state index is 12.5. The summed E-state index contributed by atoms with van der Waals surface area (Å²) in [5.41, 5.74) is 1.85. The lowest BCUT2D eigenvalue weighted by Gasteiger charge is -2.34. The van der Waals surface area contributed by atoms with Crippen LogP contribution in [0, 0.1) is 0 Å². The molecule has 4 nitrogen and oxygen atoms in total. The molecule has 2 aromatic carbocycles. The van der Waals surface area contributed by atoms with E-state index in [0.717, 1.165) is 18.7 Å². The van der Waals surface area contributed by atoms with Crippen molar-refractivity contribution in [2.75, 3.05) is 30.4 Å². The number of anilines is 2. The predicted octanol–water partition coefficient (Wildman–Crippen LogP) is 4.02. The number of hydrogen-bond donors (Lipinski definition) is 1. The monoisotopic (exact) mass is 342 g/mol. The Morgan fingerprint density at radius 1 is 1.25 bits per heavy atom. The van der Waals surface area contributed by atoms with E-state index in [1.165, 1.54) is 4.90 Å². The zero-order valence-electron chi connectivity index (χ0n) is 14.0. The van der Waals surface area contributed by atoms with Gasteiger partial charge in [-0.3, -0.25) is 4.79 Å². The van der Waals surface area contributed by atoms with Crippen molar-refractivity contribution in [1.29, 1.82) is 0 Å². The molecule has 126 valence electrons. The summed E-state index contributed by atoms with van der Waals surface area (Å²) in [4.78, 5) is 16.0. The number of nitrogens with one attached hydrogen (secondary N) is 1. The molecule has 1 unspecified atom stereocenters. The Balaban J connectivity index is 1.74. The van der Waals surface area contributed by atoms with E-state index in [1.54, 1.807) is 7.11 Å². The van der Waals surface area contributed by atoms with Crippen LogP contribution >= 0.6 is 11.8 Å². The van der Waals surface area contributed by atoms with Crippen LogP contribution in [0.2, 0.25) is 0 Å². The van der Waals surface area contributed by atoms with Gasteiger partial charge in [0, 0.05) is 16.7 Å². The van der Waals surface area contributed by atoms with Crippen LogP contribution < -0.4 is 15.0 Å². The minimum Gasteiger partial charge on any atom is -0.495 e. The standard InChI is InChI=1S/C19H22N2O2S/c1-3-14-12-21(16-9-5-7-11-18(16)24-14)13-19(22)20-15-8-4-6-10-17(15)23-2/h4-11,14H,3,12-13H2,1-2H3,(H,20,22). The van der Waals surface area contributed by atoms with Crippen LogP contribution in [0.4, 0.5) is 11.4 Å². The Labute approximate surface area is 147 Å². The largest absolute Gasteiger partial charge is 0.495 e. The third-order valence-corrected chi connectivity index (χ3v) is 5.51. The number of carbonyl (C=O) groups is 1. The van der Waals surface area contributed by atoms with Gasteiger partial charge in [0.25, 0.3) is 0 Å². The first-order valence-corrected chi connectivity index (χ1v) is 9.02. The van der Waals surface area contributed by atoms with Crippen molar-refractivity contribution in [3.8, 4) is 5.75 Å². The van der Waals surface area contributed by atoms with Gasteiger partial charge in [0.1, 0.15) is 5.75 Å². The van der Waals surface area contributed by atoms with E-state index in [9.17, 15) is 4.79 Å². The molecule has 24 heavy (non-hydrogen) atoms. The van der Waals surface area contributed by atoms with Crippen LogP contribution in [0.1, 0.15) is 13.3 Å². The van der Waals surface area contributed by atoms with Crippen molar-refractivity contribution in [3.05, 3.63) is 48.5 Å². The number of rotatable bonds is 5. The zero-order valence-corrected chi connectivity index (χ0v) is 14.8. The second-order valence-electron chi connectivity index (χ2n) is 5.74. The maximum absolute atomic E-state index is 12.5.